The number of nitrogens with one attached hydrogen (secondary N) is 2. The highest BCUT2D eigenvalue weighted by Gasteiger charge is 2.27. The zero-order valence-corrected chi connectivity index (χ0v) is 21.1. The lowest BCUT2D eigenvalue weighted by atomic mass is 9.98. The van der Waals surface area contributed by atoms with Gasteiger partial charge in [-0.2, -0.15) is 0 Å². The van der Waals surface area contributed by atoms with Crippen LogP contribution >= 0.6 is 24.0 Å². The fourth-order valence-electron chi connectivity index (χ4n) is 3.19. The van der Waals surface area contributed by atoms with Gasteiger partial charge in [0.25, 0.3) is 0 Å². The lowest BCUT2D eigenvalue weighted by molar-refractivity contribution is 0.0168. The van der Waals surface area contributed by atoms with Gasteiger partial charge >= 0.3 is 6.09 Å². The van der Waals surface area contributed by atoms with Crippen LogP contribution in [0.3, 0.4) is 0 Å². The number of hydrogen-bond donors (Lipinski definition) is 2. The highest BCUT2D eigenvalue weighted by Crippen LogP contribution is 2.29. The SMILES string of the molecule is CN=C(NCC1CCCN(C(=O)OC(C)(C)C)C1)Nc1ccc(OC)c(OC)c1.I. The number of hydrogen-bond acceptors (Lipinski definition) is 5. The molecule has 8 nitrogen and oxygen atoms in total. The maximum Gasteiger partial charge on any atom is 0.410 e. The van der Waals surface area contributed by atoms with Crippen LogP contribution in [0.25, 0.3) is 0 Å². The number of nitrogens with zero attached hydrogens (tertiary/aromatic N) is 2. The minimum atomic E-state index is -0.479. The number of amides is 1. The molecule has 0 saturated carbocycles. The summed E-state index contributed by atoms with van der Waals surface area (Å²) in [5.74, 6) is 2.31. The van der Waals surface area contributed by atoms with Crippen molar-refractivity contribution in [2.45, 2.75) is 39.2 Å². The molecule has 0 aromatic heterocycles. The smallest absolute Gasteiger partial charge is 0.410 e. The van der Waals surface area contributed by atoms with E-state index in [-0.39, 0.29) is 30.1 Å². The van der Waals surface area contributed by atoms with Gasteiger partial charge in [-0.25, -0.2) is 4.79 Å². The molecule has 1 aromatic carbocycles. The minimum Gasteiger partial charge on any atom is -0.493 e. The number of anilines is 1. The van der Waals surface area contributed by atoms with Crippen LogP contribution < -0.4 is 20.1 Å². The summed E-state index contributed by atoms with van der Waals surface area (Å²) in [6.45, 7) is 7.79. The number of likely N-dealkylation sites (tertiary alicyclic amines) is 1. The molecule has 1 heterocycles. The average Bonchev–Trinajstić information content (AvgIpc) is 2.69. The highest BCUT2D eigenvalue weighted by molar-refractivity contribution is 14.0. The lowest BCUT2D eigenvalue weighted by Gasteiger charge is -2.34. The Bertz CT molecular complexity index is 721. The van der Waals surface area contributed by atoms with Crippen molar-refractivity contribution in [1.82, 2.24) is 10.2 Å². The largest absolute Gasteiger partial charge is 0.493 e. The van der Waals surface area contributed by atoms with E-state index in [2.05, 4.69) is 15.6 Å². The standard InChI is InChI=1S/C21H34N4O4.HI/c1-21(2,3)29-20(26)25-11-7-8-15(14-25)13-23-19(22-4)24-16-9-10-17(27-5)18(12-16)28-6;/h9-10,12,15H,7-8,11,13-14H2,1-6H3,(H2,22,23,24);1H. The van der Waals surface area contributed by atoms with Gasteiger partial charge in [0.05, 0.1) is 14.2 Å². The topological polar surface area (TPSA) is 84.4 Å². The van der Waals surface area contributed by atoms with Gasteiger partial charge < -0.3 is 29.7 Å². The molecule has 0 spiro atoms. The molecule has 30 heavy (non-hydrogen) atoms. The van der Waals surface area contributed by atoms with Crippen molar-refractivity contribution in [1.29, 1.82) is 0 Å². The Labute approximate surface area is 196 Å². The molecule has 1 saturated heterocycles. The van der Waals surface area contributed by atoms with E-state index in [1.807, 2.05) is 39.0 Å². The Morgan fingerprint density at radius 1 is 1.23 bits per heavy atom. The number of carbonyl (C=O) groups is 1. The monoisotopic (exact) mass is 534 g/mol. The molecule has 1 aliphatic heterocycles. The molecule has 2 rings (SSSR count). The second-order valence-corrected chi connectivity index (χ2v) is 8.08. The predicted octanol–water partition coefficient (Wildman–Crippen LogP) is 3.96. The van der Waals surface area contributed by atoms with Gasteiger partial charge in [-0.05, 0) is 51.7 Å². The Morgan fingerprint density at radius 3 is 2.53 bits per heavy atom. The molecule has 170 valence electrons. The second-order valence-electron chi connectivity index (χ2n) is 8.08. The Balaban J connectivity index is 0.00000450. The van der Waals surface area contributed by atoms with Crippen molar-refractivity contribution < 1.29 is 19.0 Å². The number of ether oxygens (including phenoxy) is 3. The van der Waals surface area contributed by atoms with Crippen LogP contribution in [0.5, 0.6) is 11.5 Å². The molecule has 1 amide bonds. The number of methoxy groups -OCH3 is 2. The second kappa shape index (κ2) is 12.1. The maximum absolute atomic E-state index is 12.3. The number of halogens is 1. The lowest BCUT2D eigenvalue weighted by Crippen LogP contribution is -2.46. The van der Waals surface area contributed by atoms with Gasteiger partial charge in [-0.15, -0.1) is 24.0 Å². The number of benzene rings is 1. The summed E-state index contributed by atoms with van der Waals surface area (Å²) in [5.41, 5.74) is 0.364. The Morgan fingerprint density at radius 2 is 1.93 bits per heavy atom. The zero-order chi connectivity index (χ0) is 21.4. The summed E-state index contributed by atoms with van der Waals surface area (Å²) in [4.78, 5) is 18.4. The third-order valence-electron chi connectivity index (χ3n) is 4.60. The first-order chi connectivity index (χ1) is 13.8. The quantitative estimate of drug-likeness (QED) is 0.338. The van der Waals surface area contributed by atoms with Crippen LogP contribution in [0.4, 0.5) is 10.5 Å². The number of rotatable bonds is 5. The van der Waals surface area contributed by atoms with Crippen LogP contribution in [-0.4, -0.2) is 63.5 Å². The summed E-state index contributed by atoms with van der Waals surface area (Å²) in [6.07, 6.45) is 1.78. The van der Waals surface area contributed by atoms with Crippen molar-refractivity contribution in [2.24, 2.45) is 10.9 Å². The van der Waals surface area contributed by atoms with E-state index in [4.69, 9.17) is 14.2 Å². The molecule has 2 N–H and O–H groups in total. The van der Waals surface area contributed by atoms with Gasteiger partial charge in [0.1, 0.15) is 5.60 Å². The number of guanidine groups is 1. The summed E-state index contributed by atoms with van der Waals surface area (Å²) in [7, 11) is 4.94. The third-order valence-corrected chi connectivity index (χ3v) is 4.60. The molecule has 0 radical (unpaired) electrons. The number of aliphatic imine (C=N–C) groups is 1. The molecule has 0 aliphatic carbocycles. The molecule has 1 aromatic rings. The van der Waals surface area contributed by atoms with Crippen molar-refractivity contribution in [3.63, 3.8) is 0 Å². The van der Waals surface area contributed by atoms with Gasteiger partial charge in [0.2, 0.25) is 0 Å². The van der Waals surface area contributed by atoms with Crippen LogP contribution in [0.2, 0.25) is 0 Å². The van der Waals surface area contributed by atoms with E-state index in [0.29, 0.717) is 36.5 Å². The minimum absolute atomic E-state index is 0. The first-order valence-electron chi connectivity index (χ1n) is 9.93. The molecule has 1 aliphatic rings. The Hall–Kier alpha value is -1.91. The summed E-state index contributed by atoms with van der Waals surface area (Å²) in [5, 5.41) is 6.61. The van der Waals surface area contributed by atoms with Crippen molar-refractivity contribution in [2.75, 3.05) is 46.2 Å². The van der Waals surface area contributed by atoms with E-state index < -0.39 is 5.60 Å². The average molecular weight is 534 g/mol. The van der Waals surface area contributed by atoms with Crippen molar-refractivity contribution >= 4 is 41.7 Å². The molecule has 1 atom stereocenters. The van der Waals surface area contributed by atoms with Crippen LogP contribution in [-0.2, 0) is 4.74 Å². The maximum atomic E-state index is 12.3. The van der Waals surface area contributed by atoms with Crippen LogP contribution in [0.15, 0.2) is 23.2 Å². The van der Waals surface area contributed by atoms with Gasteiger partial charge in [-0.3, -0.25) is 4.99 Å². The van der Waals surface area contributed by atoms with Crippen molar-refractivity contribution in [3.05, 3.63) is 18.2 Å². The van der Waals surface area contributed by atoms with Crippen molar-refractivity contribution in [3.8, 4) is 11.5 Å². The summed E-state index contributed by atoms with van der Waals surface area (Å²) >= 11 is 0. The molecular formula is C21H35IN4O4. The van der Waals surface area contributed by atoms with E-state index in [1.54, 1.807) is 26.2 Å². The zero-order valence-electron chi connectivity index (χ0n) is 18.8. The Kier molecular flexibility index (Phi) is 10.5. The van der Waals surface area contributed by atoms with Gasteiger partial charge in [0.15, 0.2) is 17.5 Å². The van der Waals surface area contributed by atoms with E-state index in [9.17, 15) is 4.79 Å². The van der Waals surface area contributed by atoms with E-state index >= 15 is 0 Å². The fraction of sp³-hybridized carbons (Fsp3) is 0.619. The fourth-order valence-corrected chi connectivity index (χ4v) is 3.19. The van der Waals surface area contributed by atoms with E-state index in [1.165, 1.54) is 0 Å². The predicted molar refractivity (Wildman–Crippen MR) is 130 cm³/mol. The van der Waals surface area contributed by atoms with Crippen LogP contribution in [0, 0.1) is 5.92 Å². The van der Waals surface area contributed by atoms with Gasteiger partial charge in [0, 0.05) is 38.4 Å². The molecule has 1 unspecified atom stereocenters. The van der Waals surface area contributed by atoms with Gasteiger partial charge in [-0.1, -0.05) is 0 Å². The number of carbonyl (C=O) groups excluding carboxylic acids is 1. The first kappa shape index (κ1) is 26.1. The van der Waals surface area contributed by atoms with Crippen LogP contribution in [0.1, 0.15) is 33.6 Å². The first-order valence-corrected chi connectivity index (χ1v) is 9.93. The summed E-state index contributed by atoms with van der Waals surface area (Å²) < 4.78 is 16.1. The van der Waals surface area contributed by atoms with E-state index in [0.717, 1.165) is 25.1 Å². The normalized spacial score (nSPS) is 16.9. The molecule has 9 heteroatoms. The highest BCUT2D eigenvalue weighted by atomic mass is 127. The summed E-state index contributed by atoms with van der Waals surface area (Å²) in [6, 6.07) is 5.60. The molecular weight excluding hydrogens is 499 g/mol. The molecule has 0 bridgehead atoms. The third kappa shape index (κ3) is 8.08. The molecule has 1 fully saturated rings. The number of piperidine rings is 1.